The number of guanidine groups is 1. The molecule has 0 spiro atoms. The van der Waals surface area contributed by atoms with Crippen LogP contribution in [0.15, 0.2) is 54.6 Å². The molecule has 0 bridgehead atoms. The summed E-state index contributed by atoms with van der Waals surface area (Å²) in [5, 5.41) is 21.3. The van der Waals surface area contributed by atoms with Gasteiger partial charge in [-0.05, 0) is 18.2 Å². The number of nitrogens with zero attached hydrogens (tertiary/aromatic N) is 2. The summed E-state index contributed by atoms with van der Waals surface area (Å²) >= 11 is 0. The molecule has 1 heterocycles. The van der Waals surface area contributed by atoms with Gasteiger partial charge in [0.2, 0.25) is 0 Å². The van der Waals surface area contributed by atoms with E-state index in [0.29, 0.717) is 22.2 Å². The van der Waals surface area contributed by atoms with Crippen LogP contribution in [-0.2, 0) is 0 Å². The highest BCUT2D eigenvalue weighted by molar-refractivity contribution is 6.12. The van der Waals surface area contributed by atoms with Crippen molar-refractivity contribution in [2.75, 3.05) is 0 Å². The fourth-order valence-electron chi connectivity index (χ4n) is 2.54. The molecule has 0 saturated carbocycles. The molecule has 2 aromatic carbocycles. The van der Waals surface area contributed by atoms with Gasteiger partial charge in [0.25, 0.3) is 11.6 Å². The predicted octanol–water partition coefficient (Wildman–Crippen LogP) is 2.43. The topological polar surface area (TPSA) is 135 Å². The number of fused-ring (bicyclic) bond motifs is 1. The molecule has 3 rings (SSSR count). The smallest absolute Gasteiger partial charge is 0.278 e. The number of nitro benzene ring substituents is 1. The number of carbonyl (C=O) groups is 1. The average molecular weight is 335 g/mol. The lowest BCUT2D eigenvalue weighted by molar-refractivity contribution is -0.384. The highest BCUT2D eigenvalue weighted by Gasteiger charge is 2.19. The third-order valence-corrected chi connectivity index (χ3v) is 3.59. The standard InChI is InChI=1S/C17H13N5O3/c18-17(19)21-16(23)12-9-14(20-13-7-3-1-5-10(12)13)11-6-2-4-8-15(11)22(24)25/h1-9H,(H4,18,19,21,23). The molecular formula is C17H13N5O3. The van der Waals surface area contributed by atoms with E-state index in [1.165, 1.54) is 12.1 Å². The van der Waals surface area contributed by atoms with Gasteiger partial charge in [-0.1, -0.05) is 30.3 Å². The largest absolute Gasteiger partial charge is 0.370 e. The summed E-state index contributed by atoms with van der Waals surface area (Å²) in [4.78, 5) is 27.6. The zero-order valence-corrected chi connectivity index (χ0v) is 12.9. The summed E-state index contributed by atoms with van der Waals surface area (Å²) in [5.74, 6) is -1.07. The minimum Gasteiger partial charge on any atom is -0.370 e. The lowest BCUT2D eigenvalue weighted by atomic mass is 10.0. The number of benzene rings is 2. The Balaban J connectivity index is 2.26. The monoisotopic (exact) mass is 335 g/mol. The van der Waals surface area contributed by atoms with Crippen LogP contribution >= 0.6 is 0 Å². The summed E-state index contributed by atoms with van der Waals surface area (Å²) in [6.45, 7) is 0. The summed E-state index contributed by atoms with van der Waals surface area (Å²) in [6.07, 6.45) is 0. The van der Waals surface area contributed by atoms with E-state index < -0.39 is 16.8 Å². The van der Waals surface area contributed by atoms with E-state index in [9.17, 15) is 14.9 Å². The van der Waals surface area contributed by atoms with E-state index in [2.05, 4.69) is 10.3 Å². The van der Waals surface area contributed by atoms with Crippen molar-refractivity contribution < 1.29 is 9.72 Å². The minimum atomic E-state index is -0.578. The van der Waals surface area contributed by atoms with Gasteiger partial charge < -0.3 is 5.73 Å². The van der Waals surface area contributed by atoms with Gasteiger partial charge in [-0.25, -0.2) is 4.98 Å². The number of para-hydroxylation sites is 2. The second kappa shape index (κ2) is 6.36. The molecule has 124 valence electrons. The third kappa shape index (κ3) is 3.13. The van der Waals surface area contributed by atoms with Crippen molar-refractivity contribution in [2.45, 2.75) is 0 Å². The molecule has 8 nitrogen and oxygen atoms in total. The highest BCUT2D eigenvalue weighted by atomic mass is 16.6. The molecule has 0 radical (unpaired) electrons. The summed E-state index contributed by atoms with van der Waals surface area (Å²) < 4.78 is 0. The fraction of sp³-hybridized carbons (Fsp3) is 0. The number of nitrogens with two attached hydrogens (primary N) is 1. The first-order chi connectivity index (χ1) is 12.0. The Morgan fingerprint density at radius 2 is 1.84 bits per heavy atom. The maximum absolute atomic E-state index is 12.4. The van der Waals surface area contributed by atoms with Crippen molar-refractivity contribution >= 4 is 28.5 Å². The van der Waals surface area contributed by atoms with E-state index in [-0.39, 0.29) is 11.3 Å². The van der Waals surface area contributed by atoms with E-state index in [1.807, 2.05) is 0 Å². The summed E-state index contributed by atoms with van der Waals surface area (Å²) in [6, 6.07) is 14.6. The van der Waals surface area contributed by atoms with Crippen LogP contribution in [0, 0.1) is 15.5 Å². The first kappa shape index (κ1) is 16.1. The molecule has 1 aromatic heterocycles. The highest BCUT2D eigenvalue weighted by Crippen LogP contribution is 2.31. The van der Waals surface area contributed by atoms with Crippen LogP contribution < -0.4 is 11.1 Å². The second-order valence-corrected chi connectivity index (χ2v) is 5.21. The molecule has 0 aliphatic rings. The van der Waals surface area contributed by atoms with Crippen LogP contribution in [0.25, 0.3) is 22.2 Å². The van der Waals surface area contributed by atoms with Gasteiger partial charge >= 0.3 is 0 Å². The zero-order chi connectivity index (χ0) is 18.0. The summed E-state index contributed by atoms with van der Waals surface area (Å²) in [7, 11) is 0. The fourth-order valence-corrected chi connectivity index (χ4v) is 2.54. The van der Waals surface area contributed by atoms with Crippen LogP contribution in [0.2, 0.25) is 0 Å². The number of amides is 1. The van der Waals surface area contributed by atoms with Gasteiger partial charge in [0.05, 0.1) is 27.3 Å². The lowest BCUT2D eigenvalue weighted by Crippen LogP contribution is -2.35. The van der Waals surface area contributed by atoms with Gasteiger partial charge in [0.15, 0.2) is 5.96 Å². The number of aromatic nitrogens is 1. The van der Waals surface area contributed by atoms with Crippen molar-refractivity contribution in [3.63, 3.8) is 0 Å². The molecule has 0 atom stereocenters. The summed E-state index contributed by atoms with van der Waals surface area (Å²) in [5.41, 5.74) is 6.46. The molecule has 0 fully saturated rings. The number of carbonyl (C=O) groups excluding carboxylic acids is 1. The Labute approximate surface area is 142 Å². The van der Waals surface area contributed by atoms with Gasteiger partial charge in [-0.2, -0.15) is 0 Å². The Kier molecular flexibility index (Phi) is 4.09. The Morgan fingerprint density at radius 1 is 1.16 bits per heavy atom. The Hall–Kier alpha value is -3.81. The van der Waals surface area contributed by atoms with Crippen molar-refractivity contribution in [3.05, 3.63) is 70.3 Å². The molecule has 3 aromatic rings. The number of hydrogen-bond acceptors (Lipinski definition) is 5. The molecule has 1 amide bonds. The molecule has 0 unspecified atom stereocenters. The van der Waals surface area contributed by atoms with Crippen molar-refractivity contribution in [2.24, 2.45) is 5.73 Å². The van der Waals surface area contributed by atoms with E-state index in [0.717, 1.165) is 0 Å². The SMILES string of the molecule is N=C(N)NC(=O)c1cc(-c2ccccc2[N+](=O)[O-])nc2ccccc12. The normalized spacial score (nSPS) is 10.4. The van der Waals surface area contributed by atoms with Crippen LogP contribution in [-0.4, -0.2) is 21.8 Å². The number of hydrogen-bond donors (Lipinski definition) is 3. The average Bonchev–Trinajstić information content (AvgIpc) is 2.60. The molecule has 0 saturated heterocycles. The third-order valence-electron chi connectivity index (χ3n) is 3.59. The molecule has 0 aliphatic heterocycles. The van der Waals surface area contributed by atoms with Gasteiger partial charge in [0, 0.05) is 11.5 Å². The quantitative estimate of drug-likeness (QED) is 0.292. The van der Waals surface area contributed by atoms with E-state index in [4.69, 9.17) is 11.1 Å². The number of rotatable bonds is 3. The minimum absolute atomic E-state index is 0.108. The van der Waals surface area contributed by atoms with Crippen molar-refractivity contribution in [1.29, 1.82) is 5.41 Å². The Morgan fingerprint density at radius 3 is 2.56 bits per heavy atom. The number of pyridine rings is 1. The van der Waals surface area contributed by atoms with Crippen LogP contribution in [0.1, 0.15) is 10.4 Å². The Bertz CT molecular complexity index is 1020. The van der Waals surface area contributed by atoms with Crippen molar-refractivity contribution in [3.8, 4) is 11.3 Å². The van der Waals surface area contributed by atoms with Crippen LogP contribution in [0.4, 0.5) is 5.69 Å². The maximum Gasteiger partial charge on any atom is 0.278 e. The molecule has 8 heteroatoms. The zero-order valence-electron chi connectivity index (χ0n) is 12.9. The van der Waals surface area contributed by atoms with Crippen molar-refractivity contribution in [1.82, 2.24) is 10.3 Å². The number of nitrogens with one attached hydrogen (secondary N) is 2. The number of nitro groups is 1. The second-order valence-electron chi connectivity index (χ2n) is 5.21. The van der Waals surface area contributed by atoms with Gasteiger partial charge in [-0.3, -0.25) is 25.6 Å². The lowest BCUT2D eigenvalue weighted by Gasteiger charge is -2.10. The molecule has 0 aliphatic carbocycles. The van der Waals surface area contributed by atoms with E-state index in [1.54, 1.807) is 42.5 Å². The molecular weight excluding hydrogens is 322 g/mol. The molecule has 4 N–H and O–H groups in total. The maximum atomic E-state index is 12.4. The van der Waals surface area contributed by atoms with Gasteiger partial charge in [-0.15, -0.1) is 0 Å². The first-order valence-corrected chi connectivity index (χ1v) is 7.26. The van der Waals surface area contributed by atoms with E-state index >= 15 is 0 Å². The van der Waals surface area contributed by atoms with Gasteiger partial charge in [0.1, 0.15) is 0 Å². The van der Waals surface area contributed by atoms with Crippen LogP contribution in [0.5, 0.6) is 0 Å². The van der Waals surface area contributed by atoms with Crippen LogP contribution in [0.3, 0.4) is 0 Å². The molecule has 25 heavy (non-hydrogen) atoms. The first-order valence-electron chi connectivity index (χ1n) is 7.26. The predicted molar refractivity (Wildman–Crippen MR) is 93.2 cm³/mol.